The predicted octanol–water partition coefficient (Wildman–Crippen LogP) is 2.42. The molecule has 0 saturated carbocycles. The highest BCUT2D eigenvalue weighted by Gasteiger charge is 2.05. The van der Waals surface area contributed by atoms with Crippen molar-refractivity contribution >= 4 is 11.9 Å². The van der Waals surface area contributed by atoms with Crippen molar-refractivity contribution in [2.24, 2.45) is 0 Å². The van der Waals surface area contributed by atoms with Crippen molar-refractivity contribution in [3.05, 3.63) is 70.8 Å². The first-order valence-electron chi connectivity index (χ1n) is 7.92. The smallest absolute Gasteiger partial charge is 0.315 e. The summed E-state index contributed by atoms with van der Waals surface area (Å²) in [7, 11) is 0. The van der Waals surface area contributed by atoms with Gasteiger partial charge in [0.05, 0.1) is 6.54 Å². The minimum Gasteiger partial charge on any atom is -0.350 e. The third-order valence-corrected chi connectivity index (χ3v) is 3.59. The second-order valence-corrected chi connectivity index (χ2v) is 5.78. The molecule has 0 atom stereocenters. The Balaban J connectivity index is 1.64. The van der Waals surface area contributed by atoms with Crippen LogP contribution in [0.3, 0.4) is 0 Å². The zero-order valence-electron chi connectivity index (χ0n) is 14.1. The van der Waals surface area contributed by atoms with Crippen molar-refractivity contribution < 1.29 is 9.59 Å². The molecule has 5 nitrogen and oxygen atoms in total. The molecular weight excluding hydrogens is 302 g/mol. The van der Waals surface area contributed by atoms with Gasteiger partial charge in [-0.2, -0.15) is 0 Å². The molecule has 2 aromatic rings. The average molecular weight is 325 g/mol. The molecule has 0 heterocycles. The molecule has 0 aliphatic carbocycles. The molecule has 0 aliphatic heterocycles. The van der Waals surface area contributed by atoms with Crippen LogP contribution in [0.1, 0.15) is 22.3 Å². The molecule has 5 heteroatoms. The van der Waals surface area contributed by atoms with Crippen LogP contribution in [0.5, 0.6) is 0 Å². The zero-order chi connectivity index (χ0) is 17.4. The first-order chi connectivity index (χ1) is 11.5. The summed E-state index contributed by atoms with van der Waals surface area (Å²) in [5.74, 6) is -0.221. The normalized spacial score (nSPS) is 10.1. The van der Waals surface area contributed by atoms with Gasteiger partial charge in [-0.05, 0) is 25.0 Å². The molecule has 126 valence electrons. The number of benzene rings is 2. The Labute approximate surface area is 142 Å². The van der Waals surface area contributed by atoms with E-state index in [2.05, 4.69) is 16.0 Å². The maximum atomic E-state index is 11.7. The molecule has 0 aliphatic rings. The summed E-state index contributed by atoms with van der Waals surface area (Å²) in [6, 6.07) is 15.5. The summed E-state index contributed by atoms with van der Waals surface area (Å²) in [4.78, 5) is 23.4. The van der Waals surface area contributed by atoms with Crippen molar-refractivity contribution in [2.75, 3.05) is 6.54 Å². The number of hydrogen-bond donors (Lipinski definition) is 3. The van der Waals surface area contributed by atoms with Gasteiger partial charge in [0.2, 0.25) is 5.91 Å². The number of urea groups is 1. The lowest BCUT2D eigenvalue weighted by Crippen LogP contribution is -2.41. The van der Waals surface area contributed by atoms with Crippen molar-refractivity contribution in [3.8, 4) is 0 Å². The van der Waals surface area contributed by atoms with Crippen molar-refractivity contribution in [2.45, 2.75) is 26.9 Å². The molecule has 2 aromatic carbocycles. The van der Waals surface area contributed by atoms with Gasteiger partial charge in [0.25, 0.3) is 0 Å². The summed E-state index contributed by atoms with van der Waals surface area (Å²) < 4.78 is 0. The lowest BCUT2D eigenvalue weighted by Gasteiger charge is -2.09. The molecule has 0 unspecified atom stereocenters. The fraction of sp³-hybridized carbons (Fsp3) is 0.263. The Kier molecular flexibility index (Phi) is 6.37. The molecule has 0 radical (unpaired) electrons. The number of amides is 3. The Morgan fingerprint density at radius 2 is 1.17 bits per heavy atom. The van der Waals surface area contributed by atoms with E-state index in [1.807, 2.05) is 62.4 Å². The third-order valence-electron chi connectivity index (χ3n) is 3.59. The van der Waals surface area contributed by atoms with E-state index in [1.165, 1.54) is 11.1 Å². The number of carbonyl (C=O) groups is 2. The minimum absolute atomic E-state index is 0.0500. The van der Waals surface area contributed by atoms with Gasteiger partial charge in [0.1, 0.15) is 0 Å². The van der Waals surface area contributed by atoms with Crippen LogP contribution in [0, 0.1) is 13.8 Å². The van der Waals surface area contributed by atoms with Gasteiger partial charge in [-0.25, -0.2) is 4.79 Å². The van der Waals surface area contributed by atoms with Crippen LogP contribution in [-0.2, 0) is 17.9 Å². The summed E-state index contributed by atoms with van der Waals surface area (Å²) in [5.41, 5.74) is 4.39. The number of nitrogens with one attached hydrogen (secondary N) is 3. The summed E-state index contributed by atoms with van der Waals surface area (Å²) in [5, 5.41) is 8.04. The van der Waals surface area contributed by atoms with Gasteiger partial charge >= 0.3 is 6.03 Å². The molecule has 0 saturated heterocycles. The largest absolute Gasteiger partial charge is 0.350 e. The van der Waals surface area contributed by atoms with Crippen LogP contribution in [0.15, 0.2) is 48.5 Å². The van der Waals surface area contributed by atoms with Crippen molar-refractivity contribution in [1.82, 2.24) is 16.0 Å². The molecule has 0 aromatic heterocycles. The maximum Gasteiger partial charge on any atom is 0.315 e. The molecule has 0 bridgehead atoms. The minimum atomic E-state index is -0.360. The van der Waals surface area contributed by atoms with Crippen LogP contribution in [0.25, 0.3) is 0 Å². The Morgan fingerprint density at radius 1 is 0.708 bits per heavy atom. The number of hydrogen-bond acceptors (Lipinski definition) is 2. The quantitative estimate of drug-likeness (QED) is 0.763. The fourth-order valence-corrected chi connectivity index (χ4v) is 2.08. The molecule has 3 amide bonds. The van der Waals surface area contributed by atoms with Crippen LogP contribution >= 0.6 is 0 Å². The Bertz CT molecular complexity index is 617. The van der Waals surface area contributed by atoms with Crippen LogP contribution in [0.4, 0.5) is 4.79 Å². The number of carbonyl (C=O) groups excluding carboxylic acids is 2. The van der Waals surface area contributed by atoms with Crippen LogP contribution in [-0.4, -0.2) is 18.5 Å². The van der Waals surface area contributed by atoms with E-state index in [0.29, 0.717) is 13.1 Å². The number of rotatable bonds is 6. The standard InChI is InChI=1S/C19H23N3O2/c1-14-3-7-16(8-4-14)11-20-18(23)13-22-19(24)21-12-17-9-5-15(2)6-10-17/h3-10H,11-13H2,1-2H3,(H,20,23)(H2,21,22,24). The topological polar surface area (TPSA) is 70.2 Å². The first kappa shape index (κ1) is 17.5. The van der Waals surface area contributed by atoms with Crippen molar-refractivity contribution in [3.63, 3.8) is 0 Å². The first-order valence-corrected chi connectivity index (χ1v) is 7.92. The average Bonchev–Trinajstić information content (AvgIpc) is 2.59. The monoisotopic (exact) mass is 325 g/mol. The van der Waals surface area contributed by atoms with Crippen LogP contribution in [0.2, 0.25) is 0 Å². The molecular formula is C19H23N3O2. The highest BCUT2D eigenvalue weighted by atomic mass is 16.2. The van der Waals surface area contributed by atoms with Crippen LogP contribution < -0.4 is 16.0 Å². The lowest BCUT2D eigenvalue weighted by molar-refractivity contribution is -0.120. The van der Waals surface area contributed by atoms with Gasteiger partial charge in [0.15, 0.2) is 0 Å². The highest BCUT2D eigenvalue weighted by molar-refractivity contribution is 5.83. The van der Waals surface area contributed by atoms with E-state index in [0.717, 1.165) is 11.1 Å². The fourth-order valence-electron chi connectivity index (χ4n) is 2.08. The Hall–Kier alpha value is -2.82. The lowest BCUT2D eigenvalue weighted by atomic mass is 10.1. The van der Waals surface area contributed by atoms with E-state index in [9.17, 15) is 9.59 Å². The summed E-state index contributed by atoms with van der Waals surface area (Å²) in [6.45, 7) is 4.86. The number of aryl methyl sites for hydroxylation is 2. The predicted molar refractivity (Wildman–Crippen MR) is 94.4 cm³/mol. The second-order valence-electron chi connectivity index (χ2n) is 5.78. The second kappa shape index (κ2) is 8.72. The van der Waals surface area contributed by atoms with Gasteiger partial charge in [-0.15, -0.1) is 0 Å². The van der Waals surface area contributed by atoms with E-state index in [4.69, 9.17) is 0 Å². The van der Waals surface area contributed by atoms with E-state index >= 15 is 0 Å². The van der Waals surface area contributed by atoms with Gasteiger partial charge in [0, 0.05) is 13.1 Å². The molecule has 0 fully saturated rings. The summed E-state index contributed by atoms with van der Waals surface area (Å²) >= 11 is 0. The van der Waals surface area contributed by atoms with E-state index in [1.54, 1.807) is 0 Å². The maximum absolute atomic E-state index is 11.7. The van der Waals surface area contributed by atoms with Gasteiger partial charge < -0.3 is 16.0 Å². The van der Waals surface area contributed by atoms with Gasteiger partial charge in [-0.3, -0.25) is 4.79 Å². The van der Waals surface area contributed by atoms with Crippen molar-refractivity contribution in [1.29, 1.82) is 0 Å². The molecule has 2 rings (SSSR count). The molecule has 3 N–H and O–H groups in total. The zero-order valence-corrected chi connectivity index (χ0v) is 14.1. The molecule has 0 spiro atoms. The third kappa shape index (κ3) is 6.12. The van der Waals surface area contributed by atoms with E-state index < -0.39 is 0 Å². The SMILES string of the molecule is Cc1ccc(CNC(=O)CNC(=O)NCc2ccc(C)cc2)cc1. The molecule has 24 heavy (non-hydrogen) atoms. The highest BCUT2D eigenvalue weighted by Crippen LogP contribution is 2.03. The van der Waals surface area contributed by atoms with Gasteiger partial charge in [-0.1, -0.05) is 59.7 Å². The van der Waals surface area contributed by atoms with E-state index in [-0.39, 0.29) is 18.5 Å². The summed E-state index contributed by atoms with van der Waals surface area (Å²) in [6.07, 6.45) is 0. The Morgan fingerprint density at radius 3 is 1.67 bits per heavy atom.